The largest absolute Gasteiger partial charge is 0.335 e. The van der Waals surface area contributed by atoms with Gasteiger partial charge in [0.05, 0.1) is 11.3 Å². The minimum absolute atomic E-state index is 0.345. The van der Waals surface area contributed by atoms with Crippen molar-refractivity contribution in [2.75, 3.05) is 0 Å². The summed E-state index contributed by atoms with van der Waals surface area (Å²) < 4.78 is 23.1. The van der Waals surface area contributed by atoms with Gasteiger partial charge in [0.2, 0.25) is 5.91 Å². The first-order chi connectivity index (χ1) is 10.2. The van der Waals surface area contributed by atoms with Crippen LogP contribution in [-0.2, 0) is 14.6 Å². The van der Waals surface area contributed by atoms with Gasteiger partial charge in [-0.05, 0) is 32.8 Å². The number of halogens is 1. The molecule has 1 fully saturated rings. The molecule has 22 heavy (non-hydrogen) atoms. The summed E-state index contributed by atoms with van der Waals surface area (Å²) in [6.07, 6.45) is 1.18. The summed E-state index contributed by atoms with van der Waals surface area (Å²) in [5.74, 6) is -0.689. The number of carbonyl (C=O) groups is 1. The average molecular weight is 341 g/mol. The Hall–Kier alpha value is -1.58. The van der Waals surface area contributed by atoms with Gasteiger partial charge in [0, 0.05) is 10.6 Å². The van der Waals surface area contributed by atoms with Crippen LogP contribution in [0.25, 0.3) is 0 Å². The summed E-state index contributed by atoms with van der Waals surface area (Å²) in [4.78, 5) is 12.4. The number of rotatable bonds is 5. The van der Waals surface area contributed by atoms with E-state index in [0.29, 0.717) is 23.4 Å². The highest BCUT2D eigenvalue weighted by Gasteiger charge is 2.50. The van der Waals surface area contributed by atoms with E-state index in [9.17, 15) is 18.5 Å². The van der Waals surface area contributed by atoms with Crippen LogP contribution >= 0.6 is 11.6 Å². The van der Waals surface area contributed by atoms with E-state index in [0.717, 1.165) is 0 Å². The van der Waals surface area contributed by atoms with Crippen molar-refractivity contribution in [3.8, 4) is 6.07 Å². The zero-order valence-corrected chi connectivity index (χ0v) is 13.9. The number of sulfone groups is 1. The number of carbonyl (C=O) groups excluding carboxylic acids is 1. The summed E-state index contributed by atoms with van der Waals surface area (Å²) in [7, 11) is -3.57. The molecule has 1 aliphatic carbocycles. The van der Waals surface area contributed by atoms with Crippen LogP contribution in [0, 0.1) is 11.3 Å². The normalized spacial score (nSPS) is 16.6. The highest BCUT2D eigenvalue weighted by molar-refractivity contribution is 7.94. The fourth-order valence-electron chi connectivity index (χ4n) is 2.12. The molecule has 0 radical (unpaired) electrons. The maximum atomic E-state index is 12.4. The number of nitrogens with zero attached hydrogens (tertiary/aromatic N) is 1. The Morgan fingerprint density at radius 1 is 1.41 bits per heavy atom. The molecule has 1 saturated carbocycles. The molecule has 0 aromatic heterocycles. The van der Waals surface area contributed by atoms with E-state index in [1.807, 2.05) is 6.07 Å². The fourth-order valence-corrected chi connectivity index (χ4v) is 4.27. The van der Waals surface area contributed by atoms with Gasteiger partial charge in [-0.3, -0.25) is 4.79 Å². The van der Waals surface area contributed by atoms with Crippen molar-refractivity contribution in [3.05, 3.63) is 34.9 Å². The summed E-state index contributed by atoms with van der Waals surface area (Å²) in [6, 6.07) is 7.60. The topological polar surface area (TPSA) is 87.0 Å². The van der Waals surface area contributed by atoms with Gasteiger partial charge in [0.25, 0.3) is 0 Å². The Bertz CT molecular complexity index is 733. The number of nitriles is 1. The number of amides is 1. The third-order valence-electron chi connectivity index (χ3n) is 3.84. The summed E-state index contributed by atoms with van der Waals surface area (Å²) in [6.45, 7) is 2.74. The second kappa shape index (κ2) is 5.90. The summed E-state index contributed by atoms with van der Waals surface area (Å²) >= 11 is 6.03. The first kappa shape index (κ1) is 16.8. The van der Waals surface area contributed by atoms with Crippen molar-refractivity contribution in [2.45, 2.75) is 42.7 Å². The summed E-state index contributed by atoms with van der Waals surface area (Å²) in [5.41, 5.74) is 0.444. The van der Waals surface area contributed by atoms with Gasteiger partial charge < -0.3 is 5.32 Å². The van der Waals surface area contributed by atoms with Crippen molar-refractivity contribution >= 4 is 27.3 Å². The third-order valence-corrected chi connectivity index (χ3v) is 7.14. The van der Waals surface area contributed by atoms with Crippen LogP contribution in [0.15, 0.2) is 24.3 Å². The molecular weight excluding hydrogens is 324 g/mol. The average Bonchev–Trinajstić information content (AvgIpc) is 3.30. The van der Waals surface area contributed by atoms with E-state index < -0.39 is 31.8 Å². The van der Waals surface area contributed by atoms with Crippen molar-refractivity contribution in [1.82, 2.24) is 5.32 Å². The minimum atomic E-state index is -3.57. The zero-order valence-electron chi connectivity index (χ0n) is 12.3. The molecule has 1 aromatic rings. The van der Waals surface area contributed by atoms with Crippen LogP contribution in [0.4, 0.5) is 0 Å². The Morgan fingerprint density at radius 3 is 2.50 bits per heavy atom. The lowest BCUT2D eigenvalue weighted by molar-refractivity contribution is -0.123. The molecule has 0 heterocycles. The van der Waals surface area contributed by atoms with Crippen molar-refractivity contribution in [1.29, 1.82) is 5.26 Å². The quantitative estimate of drug-likeness (QED) is 0.891. The first-order valence-electron chi connectivity index (χ1n) is 6.90. The van der Waals surface area contributed by atoms with Gasteiger partial charge in [0.15, 0.2) is 9.84 Å². The number of hydrogen-bond donors (Lipinski definition) is 1. The second-order valence-electron chi connectivity index (χ2n) is 5.81. The first-order valence-corrected chi connectivity index (χ1v) is 8.82. The van der Waals surface area contributed by atoms with Gasteiger partial charge in [0.1, 0.15) is 10.8 Å². The Kier molecular flexibility index (Phi) is 4.50. The van der Waals surface area contributed by atoms with Gasteiger partial charge in [-0.15, -0.1) is 0 Å². The van der Waals surface area contributed by atoms with Gasteiger partial charge in [-0.1, -0.05) is 29.8 Å². The van der Waals surface area contributed by atoms with E-state index in [1.165, 1.54) is 13.8 Å². The van der Waals surface area contributed by atoms with E-state index >= 15 is 0 Å². The molecule has 1 atom stereocenters. The Labute approximate surface area is 135 Å². The predicted molar refractivity (Wildman–Crippen MR) is 84.0 cm³/mol. The molecule has 1 aromatic carbocycles. The molecule has 1 aliphatic rings. The van der Waals surface area contributed by atoms with Crippen molar-refractivity contribution in [2.24, 2.45) is 0 Å². The third kappa shape index (κ3) is 2.96. The van der Waals surface area contributed by atoms with Crippen LogP contribution in [-0.4, -0.2) is 24.3 Å². The van der Waals surface area contributed by atoms with Crippen LogP contribution in [0.2, 0.25) is 5.02 Å². The Morgan fingerprint density at radius 2 is 2.00 bits per heavy atom. The monoisotopic (exact) mass is 340 g/mol. The van der Waals surface area contributed by atoms with Crippen LogP contribution in [0.3, 0.4) is 0 Å². The van der Waals surface area contributed by atoms with E-state index in [4.69, 9.17) is 11.6 Å². The molecule has 0 spiro atoms. The molecule has 0 aliphatic heterocycles. The van der Waals surface area contributed by atoms with E-state index in [2.05, 4.69) is 5.32 Å². The maximum Gasteiger partial charge on any atom is 0.242 e. The van der Waals surface area contributed by atoms with E-state index in [-0.39, 0.29) is 0 Å². The molecule has 0 saturated heterocycles. The molecule has 5 nitrogen and oxygen atoms in total. The smallest absolute Gasteiger partial charge is 0.242 e. The van der Waals surface area contributed by atoms with Gasteiger partial charge in [-0.2, -0.15) is 5.26 Å². The standard InChI is InChI=1S/C15H17ClN2O3S/c1-15(2,22(20,21)10-7-8-10)14(19)18-13(9-17)11-5-3-4-6-12(11)16/h3-6,10,13H,7-8H2,1-2H3,(H,18,19). The highest BCUT2D eigenvalue weighted by Crippen LogP contribution is 2.36. The van der Waals surface area contributed by atoms with Gasteiger partial charge >= 0.3 is 0 Å². The zero-order chi connectivity index (χ0) is 16.5. The minimum Gasteiger partial charge on any atom is -0.335 e. The van der Waals surface area contributed by atoms with Crippen LogP contribution in [0.5, 0.6) is 0 Å². The lowest BCUT2D eigenvalue weighted by Gasteiger charge is -2.25. The molecule has 1 N–H and O–H groups in total. The van der Waals surface area contributed by atoms with Crippen molar-refractivity contribution in [3.63, 3.8) is 0 Å². The van der Waals surface area contributed by atoms with Crippen LogP contribution < -0.4 is 5.32 Å². The predicted octanol–water partition coefficient (Wildman–Crippen LogP) is 2.38. The molecule has 7 heteroatoms. The van der Waals surface area contributed by atoms with E-state index in [1.54, 1.807) is 24.3 Å². The maximum absolute atomic E-state index is 12.4. The molecule has 0 bridgehead atoms. The van der Waals surface area contributed by atoms with Crippen LogP contribution in [0.1, 0.15) is 38.3 Å². The molecule has 2 rings (SSSR count). The highest BCUT2D eigenvalue weighted by atomic mass is 35.5. The SMILES string of the molecule is CC(C)(C(=O)NC(C#N)c1ccccc1Cl)S(=O)(=O)C1CC1. The Balaban J connectivity index is 2.23. The molecule has 118 valence electrons. The van der Waals surface area contributed by atoms with Gasteiger partial charge in [-0.25, -0.2) is 8.42 Å². The van der Waals surface area contributed by atoms with Crippen molar-refractivity contribution < 1.29 is 13.2 Å². The lowest BCUT2D eigenvalue weighted by atomic mass is 10.1. The summed E-state index contributed by atoms with van der Waals surface area (Å²) in [5, 5.41) is 11.7. The number of benzene rings is 1. The number of nitrogens with one attached hydrogen (secondary N) is 1. The molecule has 1 unspecified atom stereocenters. The lowest BCUT2D eigenvalue weighted by Crippen LogP contribution is -2.50. The molecular formula is C15H17ClN2O3S. The second-order valence-corrected chi connectivity index (χ2v) is 9.00. The number of hydrogen-bond acceptors (Lipinski definition) is 4. The molecule has 1 amide bonds. The fraction of sp³-hybridized carbons (Fsp3) is 0.467.